The molecule has 4 rings (SSSR count). The van der Waals surface area contributed by atoms with Crippen molar-refractivity contribution in [1.29, 1.82) is 0 Å². The minimum Gasteiger partial charge on any atom is -0.389 e. The normalized spacial score (nSPS) is 14.0. The Balaban J connectivity index is 1.79. The Morgan fingerprint density at radius 2 is 1.90 bits per heavy atom. The van der Waals surface area contributed by atoms with Crippen LogP contribution in [0.5, 0.6) is 0 Å². The molecule has 1 aromatic heterocycles. The van der Waals surface area contributed by atoms with Gasteiger partial charge >= 0.3 is 6.18 Å². The third-order valence-corrected chi connectivity index (χ3v) is 5.91. The maximum absolute atomic E-state index is 13.3. The smallest absolute Gasteiger partial charge is 0.389 e. The summed E-state index contributed by atoms with van der Waals surface area (Å²) in [7, 11) is 0. The number of halogens is 3. The van der Waals surface area contributed by atoms with Crippen LogP contribution in [0.25, 0.3) is 11.3 Å². The lowest BCUT2D eigenvalue weighted by molar-refractivity contribution is -0.138. The molecule has 3 aromatic rings. The first kappa shape index (κ1) is 21.2. The summed E-state index contributed by atoms with van der Waals surface area (Å²) in [6, 6.07) is 9.60. The number of aliphatic imine (C=N–C) groups is 1. The van der Waals surface area contributed by atoms with Crippen molar-refractivity contribution in [2.45, 2.75) is 33.1 Å². The van der Waals surface area contributed by atoms with Crippen LogP contribution < -0.4 is 5.32 Å². The Morgan fingerprint density at radius 3 is 2.58 bits per heavy atom. The molecule has 0 bridgehead atoms. The molecular formula is C22H18F3N3O2S. The van der Waals surface area contributed by atoms with Gasteiger partial charge in [0.2, 0.25) is 5.91 Å². The van der Waals surface area contributed by atoms with Gasteiger partial charge in [0.25, 0.3) is 0 Å². The second kappa shape index (κ2) is 7.90. The highest BCUT2D eigenvalue weighted by atomic mass is 32.1. The molecule has 5 nitrogen and oxygen atoms in total. The molecule has 0 radical (unpaired) electrons. The van der Waals surface area contributed by atoms with E-state index in [1.54, 1.807) is 6.07 Å². The third kappa shape index (κ3) is 4.24. The van der Waals surface area contributed by atoms with E-state index in [-0.39, 0.29) is 30.0 Å². The molecule has 0 saturated carbocycles. The lowest BCUT2D eigenvalue weighted by atomic mass is 10.0. The number of amides is 1. The maximum Gasteiger partial charge on any atom is 0.416 e. The molecule has 0 spiro atoms. The molecule has 0 unspecified atom stereocenters. The number of hydrogen-bond donors (Lipinski definition) is 2. The summed E-state index contributed by atoms with van der Waals surface area (Å²) in [6.07, 6.45) is -4.59. The third-order valence-electron chi connectivity index (χ3n) is 4.95. The lowest BCUT2D eigenvalue weighted by Gasteiger charge is -2.13. The quantitative estimate of drug-likeness (QED) is 0.567. The first-order valence-corrected chi connectivity index (χ1v) is 10.2. The first-order valence-electron chi connectivity index (χ1n) is 9.43. The van der Waals surface area contributed by atoms with Gasteiger partial charge < -0.3 is 10.4 Å². The molecule has 1 amide bonds. The fourth-order valence-corrected chi connectivity index (χ4v) is 4.34. The summed E-state index contributed by atoms with van der Waals surface area (Å²) in [4.78, 5) is 22.3. The molecule has 31 heavy (non-hydrogen) atoms. The van der Waals surface area contributed by atoms with Crippen molar-refractivity contribution in [3.63, 3.8) is 0 Å². The molecule has 0 fully saturated rings. The van der Waals surface area contributed by atoms with Gasteiger partial charge in [0.15, 0.2) is 0 Å². The molecule has 1 aliphatic heterocycles. The van der Waals surface area contributed by atoms with Crippen LogP contribution in [0.2, 0.25) is 0 Å². The van der Waals surface area contributed by atoms with E-state index in [9.17, 15) is 23.1 Å². The molecule has 2 N–H and O–H groups in total. The van der Waals surface area contributed by atoms with Crippen molar-refractivity contribution < 1.29 is 23.1 Å². The molecule has 2 heterocycles. The van der Waals surface area contributed by atoms with Gasteiger partial charge in [-0.25, -0.2) is 4.98 Å². The largest absolute Gasteiger partial charge is 0.416 e. The van der Waals surface area contributed by atoms with Gasteiger partial charge in [-0.3, -0.25) is 9.79 Å². The molecule has 160 valence electrons. The molecule has 1 aliphatic rings. The second-order valence-electron chi connectivity index (χ2n) is 7.22. The zero-order valence-corrected chi connectivity index (χ0v) is 17.5. The Labute approximate surface area is 180 Å². The van der Waals surface area contributed by atoms with Gasteiger partial charge in [-0.2, -0.15) is 13.2 Å². The SMILES string of the molecule is Cc1cc2c(cc1C(F)(F)F)NC(=O)CC(c1cccc(-c3nc(CO)sc3C)c1)=N2. The average Bonchev–Trinajstić information content (AvgIpc) is 3.00. The number of thiazole rings is 1. The van der Waals surface area contributed by atoms with Gasteiger partial charge in [-0.15, -0.1) is 11.3 Å². The van der Waals surface area contributed by atoms with Gasteiger partial charge in [0.05, 0.1) is 41.4 Å². The molecule has 0 atom stereocenters. The summed E-state index contributed by atoms with van der Waals surface area (Å²) in [5.41, 5.74) is 2.23. The number of nitrogens with zero attached hydrogens (tertiary/aromatic N) is 2. The van der Waals surface area contributed by atoms with E-state index in [1.807, 2.05) is 25.1 Å². The topological polar surface area (TPSA) is 74.6 Å². The molecule has 0 aliphatic carbocycles. The maximum atomic E-state index is 13.3. The number of carbonyl (C=O) groups excluding carboxylic acids is 1. The standard InChI is InChI=1S/C22H18F3N3O2S/c1-11-6-17-18(8-15(11)22(23,24)25)27-19(30)9-16(26-17)13-4-3-5-14(7-13)21-12(2)31-20(10-29)28-21/h3-8,29H,9-10H2,1-2H3,(H,27,30). The van der Waals surface area contributed by atoms with E-state index < -0.39 is 17.6 Å². The Hall–Kier alpha value is -3.04. The van der Waals surface area contributed by atoms with E-state index in [2.05, 4.69) is 15.3 Å². The van der Waals surface area contributed by atoms with Crippen LogP contribution in [0.15, 0.2) is 41.4 Å². The number of anilines is 1. The number of hydrogen-bond acceptors (Lipinski definition) is 5. The summed E-state index contributed by atoms with van der Waals surface area (Å²) >= 11 is 1.40. The van der Waals surface area contributed by atoms with Crippen LogP contribution in [0.1, 0.15) is 33.0 Å². The minimum atomic E-state index is -4.52. The first-order chi connectivity index (χ1) is 14.7. The van der Waals surface area contributed by atoms with E-state index in [1.165, 1.54) is 24.3 Å². The van der Waals surface area contributed by atoms with Crippen molar-refractivity contribution >= 4 is 34.3 Å². The van der Waals surface area contributed by atoms with Gasteiger partial charge in [0.1, 0.15) is 5.01 Å². The van der Waals surface area contributed by atoms with Crippen molar-refractivity contribution in [1.82, 2.24) is 4.98 Å². The number of nitrogens with one attached hydrogen (secondary N) is 1. The van der Waals surface area contributed by atoms with Crippen LogP contribution >= 0.6 is 11.3 Å². The Bertz CT molecular complexity index is 1220. The predicted molar refractivity (Wildman–Crippen MR) is 114 cm³/mol. The Kier molecular flexibility index (Phi) is 5.40. The summed E-state index contributed by atoms with van der Waals surface area (Å²) in [5, 5.41) is 12.5. The van der Waals surface area contributed by atoms with Gasteiger partial charge in [-0.1, -0.05) is 18.2 Å². The number of aryl methyl sites for hydroxylation is 2. The van der Waals surface area contributed by atoms with Gasteiger partial charge in [0, 0.05) is 10.4 Å². The lowest BCUT2D eigenvalue weighted by Crippen LogP contribution is -2.15. The summed E-state index contributed by atoms with van der Waals surface area (Å²) in [6.45, 7) is 3.14. The zero-order chi connectivity index (χ0) is 22.3. The van der Waals surface area contributed by atoms with Crippen LogP contribution in [0.4, 0.5) is 24.5 Å². The highest BCUT2D eigenvalue weighted by Gasteiger charge is 2.34. The van der Waals surface area contributed by atoms with Crippen LogP contribution in [0, 0.1) is 13.8 Å². The number of alkyl halides is 3. The van der Waals surface area contributed by atoms with Crippen molar-refractivity contribution in [2.24, 2.45) is 4.99 Å². The zero-order valence-electron chi connectivity index (χ0n) is 16.7. The van der Waals surface area contributed by atoms with Crippen molar-refractivity contribution in [2.75, 3.05) is 5.32 Å². The fraction of sp³-hybridized carbons (Fsp3) is 0.227. The van der Waals surface area contributed by atoms with E-state index in [0.29, 0.717) is 16.3 Å². The number of benzene rings is 2. The predicted octanol–water partition coefficient (Wildman–Crippen LogP) is 5.40. The minimum absolute atomic E-state index is 0.0360. The Morgan fingerprint density at radius 1 is 1.16 bits per heavy atom. The van der Waals surface area contributed by atoms with E-state index in [0.717, 1.165) is 22.2 Å². The highest BCUT2D eigenvalue weighted by molar-refractivity contribution is 7.12. The fourth-order valence-electron chi connectivity index (χ4n) is 3.52. The second-order valence-corrected chi connectivity index (χ2v) is 8.50. The summed E-state index contributed by atoms with van der Waals surface area (Å²) in [5.74, 6) is -0.438. The van der Waals surface area contributed by atoms with Crippen LogP contribution in [-0.4, -0.2) is 21.7 Å². The number of fused-ring (bicyclic) bond motifs is 1. The molecule has 0 saturated heterocycles. The highest BCUT2D eigenvalue weighted by Crippen LogP contribution is 2.39. The average molecular weight is 445 g/mol. The van der Waals surface area contributed by atoms with Gasteiger partial charge in [-0.05, 0) is 43.2 Å². The number of carbonyl (C=O) groups is 1. The summed E-state index contributed by atoms with van der Waals surface area (Å²) < 4.78 is 39.8. The number of aliphatic hydroxyl groups is 1. The van der Waals surface area contributed by atoms with Crippen LogP contribution in [-0.2, 0) is 17.6 Å². The molecular weight excluding hydrogens is 427 g/mol. The monoisotopic (exact) mass is 445 g/mol. The van der Waals surface area contributed by atoms with Crippen LogP contribution in [0.3, 0.4) is 0 Å². The van der Waals surface area contributed by atoms with Crippen molar-refractivity contribution in [3.05, 3.63) is 63.0 Å². The van der Waals surface area contributed by atoms with E-state index in [4.69, 9.17) is 0 Å². The number of rotatable bonds is 3. The molecule has 2 aromatic carbocycles. The van der Waals surface area contributed by atoms with Crippen molar-refractivity contribution in [3.8, 4) is 11.3 Å². The molecule has 9 heteroatoms. The number of aliphatic hydroxyl groups excluding tert-OH is 1. The van der Waals surface area contributed by atoms with E-state index >= 15 is 0 Å². The number of aromatic nitrogens is 1.